The molecule has 0 amide bonds. The van der Waals surface area contributed by atoms with Crippen LogP contribution >= 0.6 is 11.3 Å². The molecule has 0 saturated carbocycles. The van der Waals surface area contributed by atoms with Gasteiger partial charge < -0.3 is 0 Å². The van der Waals surface area contributed by atoms with E-state index >= 15 is 0 Å². The maximum absolute atomic E-state index is 4.24. The number of aromatic nitrogens is 1. The molecule has 0 unspecified atom stereocenters. The Balaban J connectivity index is 2.00. The van der Waals surface area contributed by atoms with Crippen molar-refractivity contribution in [1.29, 1.82) is 0 Å². The summed E-state index contributed by atoms with van der Waals surface area (Å²) in [6, 6.07) is 0. The summed E-state index contributed by atoms with van der Waals surface area (Å²) in [6.45, 7) is 8.01. The van der Waals surface area contributed by atoms with E-state index in [1.807, 2.05) is 0 Å². The second-order valence-electron chi connectivity index (χ2n) is 4.05. The van der Waals surface area contributed by atoms with Crippen LogP contribution in [0.25, 0.3) is 0 Å². The Kier molecular flexibility index (Phi) is 2.65. The minimum Gasteiger partial charge on any atom is -0.298 e. The fourth-order valence-corrected chi connectivity index (χ4v) is 2.57. The van der Waals surface area contributed by atoms with Crippen LogP contribution in [-0.4, -0.2) is 23.0 Å². The Bertz CT molecular complexity index is 280. The first-order valence-corrected chi connectivity index (χ1v) is 5.64. The molecule has 1 aliphatic rings. The van der Waals surface area contributed by atoms with E-state index in [2.05, 4.69) is 29.2 Å². The van der Waals surface area contributed by atoms with Gasteiger partial charge in [0.05, 0.1) is 5.69 Å². The van der Waals surface area contributed by atoms with E-state index in [1.54, 1.807) is 11.3 Å². The summed E-state index contributed by atoms with van der Waals surface area (Å²) in [6.07, 6.45) is 1.11. The van der Waals surface area contributed by atoms with E-state index in [9.17, 15) is 0 Å². The van der Waals surface area contributed by atoms with Crippen molar-refractivity contribution in [2.75, 3.05) is 13.1 Å². The molecule has 1 aliphatic heterocycles. The van der Waals surface area contributed by atoms with Crippen LogP contribution in [-0.2, 0) is 13.0 Å². The van der Waals surface area contributed by atoms with Gasteiger partial charge in [-0.25, -0.2) is 4.98 Å². The lowest BCUT2D eigenvalue weighted by molar-refractivity contribution is 0.228. The molecule has 0 fully saturated rings. The highest BCUT2D eigenvalue weighted by molar-refractivity contribution is 7.09. The largest absolute Gasteiger partial charge is 0.298 e. The number of hydrogen-bond acceptors (Lipinski definition) is 3. The van der Waals surface area contributed by atoms with Gasteiger partial charge in [0.15, 0.2) is 5.51 Å². The Labute approximate surface area is 83.6 Å². The van der Waals surface area contributed by atoms with Gasteiger partial charge in [-0.15, -0.1) is 11.3 Å². The van der Waals surface area contributed by atoms with Crippen molar-refractivity contribution in [1.82, 2.24) is 9.88 Å². The van der Waals surface area contributed by atoms with Crippen LogP contribution < -0.4 is 0 Å². The number of nitrogens with zero attached hydrogens (tertiary/aromatic N) is 2. The summed E-state index contributed by atoms with van der Waals surface area (Å²) in [7, 11) is 0. The van der Waals surface area contributed by atoms with Crippen LogP contribution in [0.4, 0.5) is 0 Å². The van der Waals surface area contributed by atoms with Crippen molar-refractivity contribution in [3.63, 3.8) is 0 Å². The Hall–Kier alpha value is -0.410. The number of rotatable bonds is 2. The van der Waals surface area contributed by atoms with Crippen molar-refractivity contribution in [2.45, 2.75) is 26.8 Å². The smallest absolute Gasteiger partial charge is 0.152 e. The van der Waals surface area contributed by atoms with E-state index in [-0.39, 0.29) is 0 Å². The van der Waals surface area contributed by atoms with Crippen LogP contribution in [0.5, 0.6) is 0 Å². The predicted octanol–water partition coefficient (Wildman–Crippen LogP) is 1.96. The molecule has 71 valence electrons. The molecule has 0 saturated heterocycles. The second-order valence-corrected chi connectivity index (χ2v) is 4.93. The average molecular weight is 195 g/mol. The van der Waals surface area contributed by atoms with E-state index in [0.29, 0.717) is 0 Å². The normalized spacial score (nSPS) is 17.8. The van der Waals surface area contributed by atoms with Crippen molar-refractivity contribution >= 4 is 11.3 Å². The minimum atomic E-state index is 0.762. The number of thiazole rings is 1. The molecular weight excluding hydrogens is 180 g/mol. The van der Waals surface area contributed by atoms with Gasteiger partial charge in [-0.1, -0.05) is 13.8 Å². The monoisotopic (exact) mass is 195 g/mol. The first kappa shape index (κ1) is 9.16. The molecule has 0 atom stereocenters. The van der Waals surface area contributed by atoms with Gasteiger partial charge in [-0.05, 0) is 5.92 Å². The quantitative estimate of drug-likeness (QED) is 0.717. The molecule has 1 aromatic heterocycles. The molecule has 2 heterocycles. The fraction of sp³-hybridized carbons (Fsp3) is 0.700. The number of fused-ring (bicyclic) bond motifs is 1. The zero-order valence-corrected chi connectivity index (χ0v) is 9.02. The van der Waals surface area contributed by atoms with Crippen molar-refractivity contribution in [3.05, 3.63) is 16.1 Å². The first-order valence-electron chi connectivity index (χ1n) is 4.82. The molecular formula is C10H15N2S. The SMILES string of the molecule is CC(C)CN1CCc2n[c]sc2C1. The molecule has 0 aromatic carbocycles. The summed E-state index contributed by atoms with van der Waals surface area (Å²) in [4.78, 5) is 8.17. The minimum absolute atomic E-state index is 0.762. The molecule has 1 aromatic rings. The fourth-order valence-electron chi connectivity index (χ4n) is 1.79. The summed E-state index contributed by atoms with van der Waals surface area (Å²) in [5, 5.41) is 0. The summed E-state index contributed by atoms with van der Waals surface area (Å²) in [5.41, 5.74) is 4.26. The first-order chi connectivity index (χ1) is 6.25. The van der Waals surface area contributed by atoms with Gasteiger partial charge in [0.1, 0.15) is 0 Å². The molecule has 3 heteroatoms. The lowest BCUT2D eigenvalue weighted by Crippen LogP contribution is -2.32. The highest BCUT2D eigenvalue weighted by atomic mass is 32.1. The van der Waals surface area contributed by atoms with E-state index < -0.39 is 0 Å². The van der Waals surface area contributed by atoms with Crippen molar-refractivity contribution < 1.29 is 0 Å². The summed E-state index contributed by atoms with van der Waals surface area (Å²) < 4.78 is 0. The molecule has 1 radical (unpaired) electrons. The molecule has 2 nitrogen and oxygen atoms in total. The Morgan fingerprint density at radius 2 is 2.46 bits per heavy atom. The summed E-state index contributed by atoms with van der Waals surface area (Å²) in [5.74, 6) is 0.762. The molecule has 0 spiro atoms. The van der Waals surface area contributed by atoms with Crippen LogP contribution in [0.1, 0.15) is 24.4 Å². The van der Waals surface area contributed by atoms with Crippen LogP contribution in [0, 0.1) is 11.4 Å². The van der Waals surface area contributed by atoms with E-state index in [1.165, 1.54) is 23.7 Å². The molecule has 0 aliphatic carbocycles. The lowest BCUT2D eigenvalue weighted by Gasteiger charge is -2.27. The zero-order valence-electron chi connectivity index (χ0n) is 8.21. The van der Waals surface area contributed by atoms with Gasteiger partial charge in [0, 0.05) is 30.9 Å². The maximum Gasteiger partial charge on any atom is 0.152 e. The highest BCUT2D eigenvalue weighted by Crippen LogP contribution is 2.21. The third-order valence-electron chi connectivity index (χ3n) is 2.33. The summed E-state index contributed by atoms with van der Waals surface area (Å²) >= 11 is 1.68. The van der Waals surface area contributed by atoms with Gasteiger partial charge >= 0.3 is 0 Å². The lowest BCUT2D eigenvalue weighted by atomic mass is 10.1. The third-order valence-corrected chi connectivity index (χ3v) is 3.12. The van der Waals surface area contributed by atoms with Crippen LogP contribution in [0.15, 0.2) is 0 Å². The molecule has 13 heavy (non-hydrogen) atoms. The number of hydrogen-bond donors (Lipinski definition) is 0. The average Bonchev–Trinajstić information content (AvgIpc) is 2.49. The Morgan fingerprint density at radius 1 is 1.62 bits per heavy atom. The van der Waals surface area contributed by atoms with Crippen molar-refractivity contribution in [3.8, 4) is 0 Å². The molecule has 2 rings (SSSR count). The predicted molar refractivity (Wildman–Crippen MR) is 54.8 cm³/mol. The van der Waals surface area contributed by atoms with E-state index in [0.717, 1.165) is 18.9 Å². The zero-order chi connectivity index (χ0) is 9.26. The molecule has 0 N–H and O–H groups in total. The topological polar surface area (TPSA) is 16.1 Å². The Morgan fingerprint density at radius 3 is 3.23 bits per heavy atom. The van der Waals surface area contributed by atoms with Crippen molar-refractivity contribution in [2.24, 2.45) is 5.92 Å². The standard InChI is InChI=1S/C10H15N2S/c1-8(2)5-12-4-3-9-10(6-12)13-7-11-9/h8H,3-6H2,1-2H3. The second kappa shape index (κ2) is 3.76. The van der Waals surface area contributed by atoms with E-state index in [4.69, 9.17) is 0 Å². The van der Waals surface area contributed by atoms with Gasteiger partial charge in [-0.3, -0.25) is 4.90 Å². The maximum atomic E-state index is 4.24. The third kappa shape index (κ3) is 2.09. The van der Waals surface area contributed by atoms with Gasteiger partial charge in [-0.2, -0.15) is 0 Å². The van der Waals surface area contributed by atoms with Gasteiger partial charge in [0.2, 0.25) is 0 Å². The highest BCUT2D eigenvalue weighted by Gasteiger charge is 2.18. The molecule has 0 bridgehead atoms. The van der Waals surface area contributed by atoms with Crippen LogP contribution in [0.2, 0.25) is 0 Å². The van der Waals surface area contributed by atoms with Gasteiger partial charge in [0.25, 0.3) is 0 Å². The van der Waals surface area contributed by atoms with Crippen LogP contribution in [0.3, 0.4) is 0 Å².